The molecule has 0 bridgehead atoms. The lowest BCUT2D eigenvalue weighted by molar-refractivity contribution is 0.0633. The number of hydrogen-bond acceptors (Lipinski definition) is 5. The average Bonchev–Trinajstić information content (AvgIpc) is 3.24. The third kappa shape index (κ3) is 4.17. The first-order valence-corrected chi connectivity index (χ1v) is 10.8. The van der Waals surface area contributed by atoms with Crippen LogP contribution in [0.25, 0.3) is 5.69 Å². The maximum absolute atomic E-state index is 13.4. The minimum absolute atomic E-state index is 0.232. The molecular weight excluding hydrogens is 401 g/mol. The van der Waals surface area contributed by atoms with Gasteiger partial charge in [-0.15, -0.1) is 0 Å². The minimum atomic E-state index is -3.54. The Morgan fingerprint density at radius 1 is 1.00 bits per heavy atom. The van der Waals surface area contributed by atoms with E-state index in [1.165, 1.54) is 25.4 Å². The lowest BCUT2D eigenvalue weighted by atomic mass is 10.3. The van der Waals surface area contributed by atoms with Crippen molar-refractivity contribution in [2.24, 2.45) is 0 Å². The molecule has 0 atom stereocenters. The second-order valence-electron chi connectivity index (χ2n) is 6.84. The van der Waals surface area contributed by atoms with E-state index in [4.69, 9.17) is 4.74 Å². The maximum atomic E-state index is 13.4. The molecule has 2 aliphatic rings. The van der Waals surface area contributed by atoms with E-state index < -0.39 is 10.2 Å². The van der Waals surface area contributed by atoms with Crippen LogP contribution in [0.5, 0.6) is 0 Å². The summed E-state index contributed by atoms with van der Waals surface area (Å²) >= 11 is 0. The monoisotopic (exact) mass is 423 g/mol. The lowest BCUT2D eigenvalue weighted by Gasteiger charge is -2.37. The fourth-order valence-corrected chi connectivity index (χ4v) is 4.99. The predicted molar refractivity (Wildman–Crippen MR) is 102 cm³/mol. The number of piperazine rings is 1. The molecule has 2 aliphatic heterocycles. The topological polar surface area (TPSA) is 88.0 Å². The van der Waals surface area contributed by atoms with Crippen molar-refractivity contribution >= 4 is 16.1 Å². The molecule has 0 unspecified atom stereocenters. The maximum Gasteiger partial charge on any atom is 0.282 e. The van der Waals surface area contributed by atoms with Gasteiger partial charge in [-0.25, -0.2) is 9.07 Å². The number of rotatable bonds is 4. The predicted octanol–water partition coefficient (Wildman–Crippen LogP) is 0.346. The van der Waals surface area contributed by atoms with E-state index in [2.05, 4.69) is 5.10 Å². The summed E-state index contributed by atoms with van der Waals surface area (Å²) in [6.07, 6.45) is 1.60. The molecule has 0 N–H and O–H groups in total. The van der Waals surface area contributed by atoms with Crippen molar-refractivity contribution in [1.29, 1.82) is 0 Å². The van der Waals surface area contributed by atoms with Gasteiger partial charge >= 0.3 is 0 Å². The summed E-state index contributed by atoms with van der Waals surface area (Å²) in [7, 11) is -3.54. The number of carbonyl (C=O) groups excluding carboxylic acids is 1. The Hall–Kier alpha value is -2.34. The summed E-state index contributed by atoms with van der Waals surface area (Å²) in [6.45, 7) is 2.52. The first-order chi connectivity index (χ1) is 13.9. The van der Waals surface area contributed by atoms with Gasteiger partial charge in [0.05, 0.1) is 18.9 Å². The molecule has 2 aromatic rings. The lowest BCUT2D eigenvalue weighted by Crippen LogP contribution is -2.55. The van der Waals surface area contributed by atoms with Crippen molar-refractivity contribution in [1.82, 2.24) is 23.3 Å². The highest BCUT2D eigenvalue weighted by atomic mass is 32.2. The summed E-state index contributed by atoms with van der Waals surface area (Å²) in [4.78, 5) is 14.3. The number of halogens is 1. The van der Waals surface area contributed by atoms with Crippen molar-refractivity contribution in [3.63, 3.8) is 0 Å². The SMILES string of the molecule is O=C(c1ccn(-c2cccc(F)c2)n1)N1CCN(S(=O)(=O)N2CCOCC2)CC1. The summed E-state index contributed by atoms with van der Waals surface area (Å²) in [6, 6.07) is 7.51. The van der Waals surface area contributed by atoms with Crippen molar-refractivity contribution < 1.29 is 22.3 Å². The Morgan fingerprint density at radius 3 is 2.38 bits per heavy atom. The van der Waals surface area contributed by atoms with Crippen LogP contribution in [0.1, 0.15) is 10.5 Å². The number of benzene rings is 1. The molecule has 156 valence electrons. The second kappa shape index (κ2) is 8.19. The van der Waals surface area contributed by atoms with E-state index in [0.29, 0.717) is 32.0 Å². The zero-order chi connectivity index (χ0) is 20.4. The molecule has 0 spiro atoms. The van der Waals surface area contributed by atoms with Crippen LogP contribution in [0.2, 0.25) is 0 Å². The van der Waals surface area contributed by atoms with E-state index in [0.717, 1.165) is 0 Å². The van der Waals surface area contributed by atoms with Gasteiger partial charge in [0.15, 0.2) is 5.69 Å². The van der Waals surface area contributed by atoms with Gasteiger partial charge in [0, 0.05) is 45.5 Å². The summed E-state index contributed by atoms with van der Waals surface area (Å²) < 4.78 is 48.3. The van der Waals surface area contributed by atoms with Crippen LogP contribution in [0.15, 0.2) is 36.5 Å². The average molecular weight is 423 g/mol. The van der Waals surface area contributed by atoms with Crippen LogP contribution in [0.3, 0.4) is 0 Å². The molecule has 29 heavy (non-hydrogen) atoms. The first-order valence-electron chi connectivity index (χ1n) is 9.39. The van der Waals surface area contributed by atoms with Crippen LogP contribution in [0.4, 0.5) is 4.39 Å². The fraction of sp³-hybridized carbons (Fsp3) is 0.444. The Labute approximate surface area is 168 Å². The Kier molecular flexibility index (Phi) is 5.63. The Morgan fingerprint density at radius 2 is 1.69 bits per heavy atom. The number of hydrogen-bond donors (Lipinski definition) is 0. The highest BCUT2D eigenvalue weighted by Gasteiger charge is 2.34. The zero-order valence-corrected chi connectivity index (χ0v) is 16.6. The number of aromatic nitrogens is 2. The van der Waals surface area contributed by atoms with Crippen LogP contribution in [-0.2, 0) is 14.9 Å². The van der Waals surface area contributed by atoms with Crippen LogP contribution < -0.4 is 0 Å². The van der Waals surface area contributed by atoms with Crippen LogP contribution in [-0.4, -0.2) is 90.1 Å². The van der Waals surface area contributed by atoms with Gasteiger partial charge in [-0.05, 0) is 24.3 Å². The fourth-order valence-electron chi connectivity index (χ4n) is 3.42. The van der Waals surface area contributed by atoms with Gasteiger partial charge in [0.25, 0.3) is 16.1 Å². The van der Waals surface area contributed by atoms with Crippen molar-refractivity contribution in [2.75, 3.05) is 52.5 Å². The molecule has 1 amide bonds. The number of carbonyl (C=O) groups is 1. The molecule has 0 radical (unpaired) electrons. The first kappa shape index (κ1) is 20.0. The Balaban J connectivity index is 1.39. The van der Waals surface area contributed by atoms with Gasteiger partial charge in [0.1, 0.15) is 5.82 Å². The Bertz CT molecular complexity index is 982. The van der Waals surface area contributed by atoms with Gasteiger partial charge in [-0.3, -0.25) is 4.79 Å². The summed E-state index contributed by atoms with van der Waals surface area (Å²) in [5.74, 6) is -0.660. The van der Waals surface area contributed by atoms with Gasteiger partial charge < -0.3 is 9.64 Å². The molecule has 3 heterocycles. The van der Waals surface area contributed by atoms with Crippen molar-refractivity contribution in [3.05, 3.63) is 48.0 Å². The quantitative estimate of drug-likeness (QED) is 0.708. The van der Waals surface area contributed by atoms with Gasteiger partial charge in [-0.2, -0.15) is 22.1 Å². The van der Waals surface area contributed by atoms with Crippen LogP contribution in [0, 0.1) is 5.82 Å². The second-order valence-corrected chi connectivity index (χ2v) is 8.76. The molecule has 0 saturated carbocycles. The molecule has 1 aromatic carbocycles. The van der Waals surface area contributed by atoms with Gasteiger partial charge in [0.2, 0.25) is 0 Å². The van der Waals surface area contributed by atoms with Crippen molar-refractivity contribution in [2.45, 2.75) is 0 Å². The number of nitrogens with zero attached hydrogens (tertiary/aromatic N) is 5. The molecule has 4 rings (SSSR count). The highest BCUT2D eigenvalue weighted by Crippen LogP contribution is 2.16. The molecule has 2 fully saturated rings. The number of morpholine rings is 1. The molecular formula is C18H22FN5O4S. The zero-order valence-electron chi connectivity index (χ0n) is 15.8. The van der Waals surface area contributed by atoms with Crippen LogP contribution >= 0.6 is 0 Å². The third-order valence-corrected chi connectivity index (χ3v) is 7.06. The van der Waals surface area contributed by atoms with Gasteiger partial charge in [-0.1, -0.05) is 6.07 Å². The molecule has 9 nitrogen and oxygen atoms in total. The minimum Gasteiger partial charge on any atom is -0.379 e. The van der Waals surface area contributed by atoms with E-state index in [9.17, 15) is 17.6 Å². The summed E-state index contributed by atoms with van der Waals surface area (Å²) in [5, 5.41) is 4.24. The third-order valence-electron chi connectivity index (χ3n) is 5.03. The van der Waals surface area contributed by atoms with E-state index in [-0.39, 0.29) is 43.6 Å². The molecule has 2 saturated heterocycles. The molecule has 11 heteroatoms. The van der Waals surface area contributed by atoms with E-state index >= 15 is 0 Å². The standard InChI is InChI=1S/C18H22FN5O4S/c19-15-2-1-3-16(14-15)24-5-4-17(20-24)18(25)21-6-8-22(9-7-21)29(26,27)23-10-12-28-13-11-23/h1-5,14H,6-13H2. The largest absolute Gasteiger partial charge is 0.379 e. The van der Waals surface area contributed by atoms with E-state index in [1.54, 1.807) is 29.3 Å². The number of ether oxygens (including phenoxy) is 1. The van der Waals surface area contributed by atoms with E-state index in [1.807, 2.05) is 0 Å². The normalized spacial score (nSPS) is 19.4. The smallest absolute Gasteiger partial charge is 0.282 e. The highest BCUT2D eigenvalue weighted by molar-refractivity contribution is 7.86. The molecule has 1 aromatic heterocycles. The van der Waals surface area contributed by atoms with Crippen molar-refractivity contribution in [3.8, 4) is 5.69 Å². The molecule has 0 aliphatic carbocycles. The number of amides is 1. The summed E-state index contributed by atoms with van der Waals surface area (Å²) in [5.41, 5.74) is 0.754.